The molecule has 2 aromatic heterocycles. The lowest BCUT2D eigenvalue weighted by Crippen LogP contribution is -2.27. The summed E-state index contributed by atoms with van der Waals surface area (Å²) in [6, 6.07) is 10.3. The summed E-state index contributed by atoms with van der Waals surface area (Å²) in [7, 11) is 0. The van der Waals surface area contributed by atoms with E-state index in [1.165, 1.54) is 16.9 Å². The molecule has 1 amide bonds. The Labute approximate surface area is 161 Å². The summed E-state index contributed by atoms with van der Waals surface area (Å²) in [4.78, 5) is 17.9. The summed E-state index contributed by atoms with van der Waals surface area (Å²) in [6.45, 7) is 6.85. The van der Waals surface area contributed by atoms with Gasteiger partial charge in [-0.2, -0.15) is 0 Å². The van der Waals surface area contributed by atoms with Crippen molar-refractivity contribution in [2.75, 3.05) is 11.4 Å². The van der Waals surface area contributed by atoms with Gasteiger partial charge in [-0.25, -0.2) is 4.98 Å². The zero-order chi connectivity index (χ0) is 18.5. The maximum atomic E-state index is 11.7. The normalized spacial score (nSPS) is 10.9. The first-order chi connectivity index (χ1) is 12.6. The van der Waals surface area contributed by atoms with E-state index in [0.717, 1.165) is 28.4 Å². The van der Waals surface area contributed by atoms with Crippen LogP contribution >= 0.6 is 23.1 Å². The van der Waals surface area contributed by atoms with Crippen molar-refractivity contribution >= 4 is 34.1 Å². The summed E-state index contributed by atoms with van der Waals surface area (Å²) in [5.74, 6) is 1.60. The van der Waals surface area contributed by atoms with Gasteiger partial charge in [0.1, 0.15) is 5.82 Å². The van der Waals surface area contributed by atoms with Gasteiger partial charge in [-0.15, -0.1) is 21.5 Å². The molecule has 0 atom stereocenters. The Balaban J connectivity index is 1.69. The van der Waals surface area contributed by atoms with Crippen LogP contribution in [0, 0.1) is 6.92 Å². The summed E-state index contributed by atoms with van der Waals surface area (Å²) in [6.07, 6.45) is 0. The van der Waals surface area contributed by atoms with Crippen molar-refractivity contribution in [3.63, 3.8) is 0 Å². The molecule has 6 nitrogen and oxygen atoms in total. The molecule has 0 bridgehead atoms. The fraction of sp³-hybridized carbons (Fsp3) is 0.333. The molecule has 0 saturated heterocycles. The lowest BCUT2D eigenvalue weighted by Gasteiger charge is -2.14. The molecule has 26 heavy (non-hydrogen) atoms. The quantitative estimate of drug-likeness (QED) is 0.578. The van der Waals surface area contributed by atoms with E-state index >= 15 is 0 Å². The van der Waals surface area contributed by atoms with Crippen molar-refractivity contribution in [3.05, 3.63) is 52.8 Å². The fourth-order valence-electron chi connectivity index (χ4n) is 2.53. The van der Waals surface area contributed by atoms with Crippen LogP contribution in [-0.2, 0) is 17.1 Å². The highest BCUT2D eigenvalue weighted by Crippen LogP contribution is 2.26. The summed E-state index contributed by atoms with van der Waals surface area (Å²) in [5.41, 5.74) is 2.16. The standard InChI is InChI=1S/C18H21N5OS2/c1-4-22(14(3)24)17-19-16(11-25-17)12-26-18-21-20-13(2)23(18)10-15-8-6-5-7-9-15/h5-9,11H,4,10,12H2,1-3H3. The van der Waals surface area contributed by atoms with Gasteiger partial charge in [0.2, 0.25) is 5.91 Å². The molecule has 2 heterocycles. The van der Waals surface area contributed by atoms with Crippen molar-refractivity contribution in [3.8, 4) is 0 Å². The molecule has 0 spiro atoms. The number of rotatable bonds is 7. The molecule has 0 aliphatic carbocycles. The predicted octanol–water partition coefficient (Wildman–Crippen LogP) is 3.76. The van der Waals surface area contributed by atoms with Crippen LogP contribution in [0.2, 0.25) is 0 Å². The van der Waals surface area contributed by atoms with Crippen molar-refractivity contribution in [2.24, 2.45) is 0 Å². The van der Waals surface area contributed by atoms with Gasteiger partial charge in [0.05, 0.1) is 12.2 Å². The molecule has 0 aliphatic heterocycles. The highest BCUT2D eigenvalue weighted by molar-refractivity contribution is 7.98. The molecule has 0 aliphatic rings. The SMILES string of the molecule is CCN(C(C)=O)c1nc(CSc2nnc(C)n2Cc2ccccc2)cs1. The van der Waals surface area contributed by atoms with Crippen molar-refractivity contribution in [2.45, 2.75) is 38.2 Å². The van der Waals surface area contributed by atoms with E-state index in [-0.39, 0.29) is 5.91 Å². The number of aryl methyl sites for hydroxylation is 1. The number of amides is 1. The maximum Gasteiger partial charge on any atom is 0.225 e. The molecule has 0 unspecified atom stereocenters. The second kappa shape index (κ2) is 8.46. The van der Waals surface area contributed by atoms with Gasteiger partial charge >= 0.3 is 0 Å². The molecule has 0 fully saturated rings. The maximum absolute atomic E-state index is 11.7. The Bertz CT molecular complexity index is 875. The Morgan fingerprint density at radius 1 is 1.27 bits per heavy atom. The predicted molar refractivity (Wildman–Crippen MR) is 106 cm³/mol. The minimum Gasteiger partial charge on any atom is -0.302 e. The van der Waals surface area contributed by atoms with Crippen LogP contribution in [0.1, 0.15) is 30.9 Å². The van der Waals surface area contributed by atoms with E-state index < -0.39 is 0 Å². The molecule has 0 N–H and O–H groups in total. The Hall–Kier alpha value is -2.19. The average Bonchev–Trinajstić information content (AvgIpc) is 3.22. The Morgan fingerprint density at radius 2 is 2.04 bits per heavy atom. The number of hydrogen-bond acceptors (Lipinski definition) is 6. The summed E-state index contributed by atoms with van der Waals surface area (Å²) in [5, 5.41) is 12.1. The number of carbonyl (C=O) groups excluding carboxylic acids is 1. The first-order valence-corrected chi connectivity index (χ1v) is 10.2. The summed E-state index contributed by atoms with van der Waals surface area (Å²) >= 11 is 3.11. The molecule has 3 aromatic rings. The molecule has 0 saturated carbocycles. The number of nitrogens with zero attached hydrogens (tertiary/aromatic N) is 5. The fourth-order valence-corrected chi connectivity index (χ4v) is 4.45. The number of carbonyl (C=O) groups is 1. The van der Waals surface area contributed by atoms with Gasteiger partial charge in [-0.1, -0.05) is 42.1 Å². The average molecular weight is 388 g/mol. The van der Waals surface area contributed by atoms with Gasteiger partial charge in [-0.05, 0) is 19.4 Å². The highest BCUT2D eigenvalue weighted by atomic mass is 32.2. The van der Waals surface area contributed by atoms with Crippen LogP contribution < -0.4 is 4.90 Å². The van der Waals surface area contributed by atoms with Crippen molar-refractivity contribution < 1.29 is 4.79 Å². The van der Waals surface area contributed by atoms with Crippen molar-refractivity contribution in [1.29, 1.82) is 0 Å². The van der Waals surface area contributed by atoms with Crippen LogP contribution in [0.15, 0.2) is 40.9 Å². The van der Waals surface area contributed by atoms with E-state index in [9.17, 15) is 4.79 Å². The minimum absolute atomic E-state index is 0.0132. The third kappa shape index (κ3) is 4.31. The zero-order valence-corrected chi connectivity index (χ0v) is 16.7. The van der Waals surface area contributed by atoms with Crippen LogP contribution in [0.25, 0.3) is 0 Å². The minimum atomic E-state index is 0.0132. The molecular formula is C18H21N5OS2. The lowest BCUT2D eigenvalue weighted by molar-refractivity contribution is -0.116. The number of hydrogen-bond donors (Lipinski definition) is 0. The molecule has 8 heteroatoms. The molecular weight excluding hydrogens is 366 g/mol. The Kier molecular flexibility index (Phi) is 6.05. The highest BCUT2D eigenvalue weighted by Gasteiger charge is 2.15. The second-order valence-corrected chi connectivity index (χ2v) is 7.55. The first kappa shape index (κ1) is 18.6. The number of thioether (sulfide) groups is 1. The molecule has 136 valence electrons. The number of thiazole rings is 1. The third-order valence-corrected chi connectivity index (χ3v) is 5.81. The van der Waals surface area contributed by atoms with E-state index in [4.69, 9.17) is 0 Å². The smallest absolute Gasteiger partial charge is 0.225 e. The van der Waals surface area contributed by atoms with Gasteiger partial charge in [0, 0.05) is 24.6 Å². The number of anilines is 1. The van der Waals surface area contributed by atoms with Gasteiger partial charge < -0.3 is 4.57 Å². The molecule has 3 rings (SSSR count). The number of aromatic nitrogens is 4. The van der Waals surface area contributed by atoms with Crippen LogP contribution in [-0.4, -0.2) is 32.2 Å². The second-order valence-electron chi connectivity index (χ2n) is 5.77. The van der Waals surface area contributed by atoms with E-state index in [1.807, 2.05) is 37.4 Å². The molecule has 1 aromatic carbocycles. The third-order valence-electron chi connectivity index (χ3n) is 3.90. The largest absolute Gasteiger partial charge is 0.302 e. The van der Waals surface area contributed by atoms with Crippen molar-refractivity contribution in [1.82, 2.24) is 19.7 Å². The topological polar surface area (TPSA) is 63.9 Å². The zero-order valence-electron chi connectivity index (χ0n) is 15.0. The van der Waals surface area contributed by atoms with Crippen LogP contribution in [0.4, 0.5) is 5.13 Å². The first-order valence-electron chi connectivity index (χ1n) is 8.37. The van der Waals surface area contributed by atoms with E-state index in [1.54, 1.807) is 23.6 Å². The van der Waals surface area contributed by atoms with E-state index in [0.29, 0.717) is 12.3 Å². The van der Waals surface area contributed by atoms with Crippen LogP contribution in [0.3, 0.4) is 0 Å². The van der Waals surface area contributed by atoms with E-state index in [2.05, 4.69) is 31.9 Å². The monoisotopic (exact) mass is 387 g/mol. The summed E-state index contributed by atoms with van der Waals surface area (Å²) < 4.78 is 2.11. The van der Waals surface area contributed by atoms with Gasteiger partial charge in [0.25, 0.3) is 0 Å². The van der Waals surface area contributed by atoms with Gasteiger partial charge in [-0.3, -0.25) is 9.69 Å². The Morgan fingerprint density at radius 3 is 2.73 bits per heavy atom. The number of benzene rings is 1. The lowest BCUT2D eigenvalue weighted by atomic mass is 10.2. The molecule has 0 radical (unpaired) electrons. The van der Waals surface area contributed by atoms with Crippen LogP contribution in [0.5, 0.6) is 0 Å². The van der Waals surface area contributed by atoms with Gasteiger partial charge in [0.15, 0.2) is 10.3 Å².